The van der Waals surface area contributed by atoms with Gasteiger partial charge in [0.25, 0.3) is 0 Å². The third-order valence-corrected chi connectivity index (χ3v) is 7.65. The summed E-state index contributed by atoms with van der Waals surface area (Å²) in [7, 11) is 0. The molecule has 1 unspecified atom stereocenters. The molecule has 2 aliphatic heterocycles. The Kier molecular flexibility index (Phi) is 6.76. The van der Waals surface area contributed by atoms with E-state index in [1.165, 1.54) is 18.9 Å². The van der Waals surface area contributed by atoms with Gasteiger partial charge in [0.1, 0.15) is 24.2 Å². The summed E-state index contributed by atoms with van der Waals surface area (Å²) in [5.74, 6) is 0.222. The largest absolute Gasteiger partial charge is 0.505 e. The van der Waals surface area contributed by atoms with Crippen LogP contribution in [-0.2, 0) is 0 Å². The highest BCUT2D eigenvalue weighted by Crippen LogP contribution is 2.49. The Labute approximate surface area is 213 Å². The Bertz CT molecular complexity index is 1280. The molecule has 188 valence electrons. The first-order valence-electron chi connectivity index (χ1n) is 12.8. The van der Waals surface area contributed by atoms with E-state index in [0.717, 1.165) is 40.1 Å². The number of aromatic hydroxyl groups is 1. The zero-order valence-corrected chi connectivity index (χ0v) is 21.4. The standard InChI is InChI=1S/C31H34FNO3/c1-19-8-5-6-10-25(19)28-22(4)29-27(16-15-26(34)30(29)32)36-31(28)23-11-13-24(14-12-23)35-18-21(3)33-17-7-9-20(33)2/h5-6,8,10-16,20-21,31,34H,7,9,17-18H2,1-4H3/t20-,21+,31?/m1/s1. The minimum atomic E-state index is -0.653. The van der Waals surface area contributed by atoms with Gasteiger partial charge in [0.15, 0.2) is 11.6 Å². The summed E-state index contributed by atoms with van der Waals surface area (Å²) in [5, 5.41) is 10.0. The molecule has 3 aromatic carbocycles. The second-order valence-electron chi connectivity index (χ2n) is 10.1. The van der Waals surface area contributed by atoms with Crippen molar-refractivity contribution in [2.75, 3.05) is 13.2 Å². The maximum absolute atomic E-state index is 15.0. The van der Waals surface area contributed by atoms with E-state index < -0.39 is 11.9 Å². The molecule has 1 saturated heterocycles. The number of phenols is 1. The van der Waals surface area contributed by atoms with Gasteiger partial charge in [0.2, 0.25) is 0 Å². The number of phenolic OH excluding ortho intramolecular Hbond substituents is 1. The quantitative estimate of drug-likeness (QED) is 0.401. The zero-order chi connectivity index (χ0) is 25.4. The van der Waals surface area contributed by atoms with E-state index in [1.54, 1.807) is 6.07 Å². The number of aryl methyl sites for hydroxylation is 1. The second kappa shape index (κ2) is 9.98. The average molecular weight is 488 g/mol. The molecule has 2 aliphatic rings. The number of likely N-dealkylation sites (tertiary alicyclic amines) is 1. The highest BCUT2D eigenvalue weighted by molar-refractivity contribution is 5.96. The molecule has 0 spiro atoms. The molecule has 0 aliphatic carbocycles. The molecule has 5 heteroatoms. The number of allylic oxidation sites excluding steroid dienone is 1. The van der Waals surface area contributed by atoms with E-state index in [0.29, 0.717) is 30.0 Å². The number of ether oxygens (including phenoxy) is 2. The van der Waals surface area contributed by atoms with Crippen LogP contribution in [0.1, 0.15) is 62.0 Å². The van der Waals surface area contributed by atoms with Gasteiger partial charge in [0.05, 0.1) is 5.56 Å². The first-order valence-corrected chi connectivity index (χ1v) is 12.8. The molecule has 0 saturated carbocycles. The lowest BCUT2D eigenvalue weighted by Gasteiger charge is -2.32. The molecule has 1 N–H and O–H groups in total. The maximum atomic E-state index is 15.0. The molecule has 4 nitrogen and oxygen atoms in total. The van der Waals surface area contributed by atoms with E-state index in [9.17, 15) is 5.11 Å². The summed E-state index contributed by atoms with van der Waals surface area (Å²) in [4.78, 5) is 2.51. The van der Waals surface area contributed by atoms with Crippen LogP contribution in [-0.4, -0.2) is 35.2 Å². The third-order valence-electron chi connectivity index (χ3n) is 7.65. The van der Waals surface area contributed by atoms with Crippen molar-refractivity contribution in [3.05, 3.63) is 88.7 Å². The zero-order valence-electron chi connectivity index (χ0n) is 21.4. The summed E-state index contributed by atoms with van der Waals surface area (Å²) in [6.07, 6.45) is 2.09. The molecule has 2 heterocycles. The number of halogens is 1. The molecular weight excluding hydrogens is 453 g/mol. The van der Waals surface area contributed by atoms with Gasteiger partial charge in [-0.1, -0.05) is 36.4 Å². The summed E-state index contributed by atoms with van der Waals surface area (Å²) >= 11 is 0. The predicted octanol–water partition coefficient (Wildman–Crippen LogP) is 7.16. The van der Waals surface area contributed by atoms with Crippen molar-refractivity contribution in [1.82, 2.24) is 4.90 Å². The molecule has 0 amide bonds. The minimum Gasteiger partial charge on any atom is -0.505 e. The van der Waals surface area contributed by atoms with Crippen molar-refractivity contribution in [2.45, 2.75) is 58.7 Å². The summed E-state index contributed by atoms with van der Waals surface area (Å²) in [6.45, 7) is 10.2. The SMILES string of the molecule is CC1=C(c2ccccc2C)C(c2ccc(OC[C@H](C)N3CCC[C@H]3C)cc2)Oc2ccc(O)c(F)c21. The van der Waals surface area contributed by atoms with Crippen molar-refractivity contribution in [1.29, 1.82) is 0 Å². The van der Waals surface area contributed by atoms with Crippen molar-refractivity contribution >= 4 is 11.1 Å². The van der Waals surface area contributed by atoms with Crippen LogP contribution in [0.25, 0.3) is 11.1 Å². The molecule has 0 aromatic heterocycles. The minimum absolute atomic E-state index is 0.314. The Morgan fingerprint density at radius 3 is 2.53 bits per heavy atom. The Balaban J connectivity index is 1.45. The van der Waals surface area contributed by atoms with Crippen LogP contribution in [0.15, 0.2) is 60.7 Å². The van der Waals surface area contributed by atoms with Crippen LogP contribution in [0.2, 0.25) is 0 Å². The lowest BCUT2D eigenvalue weighted by Crippen LogP contribution is -2.39. The molecule has 0 radical (unpaired) electrons. The Morgan fingerprint density at radius 1 is 1.08 bits per heavy atom. The van der Waals surface area contributed by atoms with Crippen LogP contribution < -0.4 is 9.47 Å². The van der Waals surface area contributed by atoms with Gasteiger partial charge in [-0.2, -0.15) is 0 Å². The monoisotopic (exact) mass is 487 g/mol. The second-order valence-corrected chi connectivity index (χ2v) is 10.1. The van der Waals surface area contributed by atoms with Crippen molar-refractivity contribution < 1.29 is 19.0 Å². The topological polar surface area (TPSA) is 41.9 Å². The average Bonchev–Trinajstić information content (AvgIpc) is 3.31. The summed E-state index contributed by atoms with van der Waals surface area (Å²) in [6, 6.07) is 20.0. The first-order chi connectivity index (χ1) is 17.3. The van der Waals surface area contributed by atoms with E-state index in [1.807, 2.05) is 62.4 Å². The van der Waals surface area contributed by atoms with Gasteiger partial charge in [-0.25, -0.2) is 4.39 Å². The first kappa shape index (κ1) is 24.4. The fraction of sp³-hybridized carbons (Fsp3) is 0.355. The van der Waals surface area contributed by atoms with Gasteiger partial charge in [0, 0.05) is 17.7 Å². The van der Waals surface area contributed by atoms with Gasteiger partial charge >= 0.3 is 0 Å². The number of benzene rings is 3. The molecule has 3 atom stereocenters. The number of hydrogen-bond acceptors (Lipinski definition) is 4. The lowest BCUT2D eigenvalue weighted by molar-refractivity contribution is 0.141. The highest BCUT2D eigenvalue weighted by Gasteiger charge is 2.32. The van der Waals surface area contributed by atoms with Crippen molar-refractivity contribution in [3.8, 4) is 17.2 Å². The van der Waals surface area contributed by atoms with Gasteiger partial charge < -0.3 is 14.6 Å². The van der Waals surface area contributed by atoms with Crippen LogP contribution in [0.5, 0.6) is 17.2 Å². The highest BCUT2D eigenvalue weighted by atomic mass is 19.1. The predicted molar refractivity (Wildman–Crippen MR) is 142 cm³/mol. The maximum Gasteiger partial charge on any atom is 0.176 e. The number of hydrogen-bond donors (Lipinski definition) is 1. The van der Waals surface area contributed by atoms with Gasteiger partial charge in [-0.15, -0.1) is 0 Å². The molecular formula is C31H34FNO3. The Morgan fingerprint density at radius 2 is 1.83 bits per heavy atom. The fourth-order valence-corrected chi connectivity index (χ4v) is 5.63. The number of nitrogens with zero attached hydrogens (tertiary/aromatic N) is 1. The molecule has 3 aromatic rings. The van der Waals surface area contributed by atoms with Crippen molar-refractivity contribution in [3.63, 3.8) is 0 Å². The third kappa shape index (κ3) is 4.48. The van der Waals surface area contributed by atoms with Crippen LogP contribution in [0, 0.1) is 12.7 Å². The van der Waals surface area contributed by atoms with Crippen LogP contribution in [0.4, 0.5) is 4.39 Å². The van der Waals surface area contributed by atoms with E-state index >= 15 is 4.39 Å². The fourth-order valence-electron chi connectivity index (χ4n) is 5.63. The number of fused-ring (bicyclic) bond motifs is 1. The van der Waals surface area contributed by atoms with E-state index in [2.05, 4.69) is 18.7 Å². The molecule has 5 rings (SSSR count). The smallest absolute Gasteiger partial charge is 0.176 e. The van der Waals surface area contributed by atoms with E-state index in [-0.39, 0.29) is 5.75 Å². The van der Waals surface area contributed by atoms with Crippen molar-refractivity contribution in [2.24, 2.45) is 0 Å². The van der Waals surface area contributed by atoms with Crippen LogP contribution in [0.3, 0.4) is 0 Å². The van der Waals surface area contributed by atoms with Crippen LogP contribution >= 0.6 is 0 Å². The lowest BCUT2D eigenvalue weighted by atomic mass is 9.84. The molecule has 1 fully saturated rings. The normalized spacial score (nSPS) is 20.7. The Hall–Kier alpha value is -3.31. The van der Waals surface area contributed by atoms with Gasteiger partial charge in [-0.3, -0.25) is 4.90 Å². The van der Waals surface area contributed by atoms with E-state index in [4.69, 9.17) is 9.47 Å². The van der Waals surface area contributed by atoms with Gasteiger partial charge in [-0.05, 0) is 93.6 Å². The molecule has 0 bridgehead atoms. The molecule has 36 heavy (non-hydrogen) atoms. The summed E-state index contributed by atoms with van der Waals surface area (Å²) < 4.78 is 27.6. The summed E-state index contributed by atoms with van der Waals surface area (Å²) in [5.41, 5.74) is 5.01. The number of rotatable bonds is 6.